The van der Waals surface area contributed by atoms with Gasteiger partial charge < -0.3 is 9.80 Å². The third kappa shape index (κ3) is 2.90. The van der Waals surface area contributed by atoms with Gasteiger partial charge in [0, 0.05) is 20.1 Å². The van der Waals surface area contributed by atoms with Gasteiger partial charge in [-0.1, -0.05) is 0 Å². The first kappa shape index (κ1) is 13.5. The summed E-state index contributed by atoms with van der Waals surface area (Å²) in [7, 11) is 1.70. The molecule has 0 spiro atoms. The first-order valence-corrected chi connectivity index (χ1v) is 6.02. The van der Waals surface area contributed by atoms with Gasteiger partial charge in [-0.05, 0) is 18.0 Å². The van der Waals surface area contributed by atoms with E-state index in [0.29, 0.717) is 19.5 Å². The highest BCUT2D eigenvalue weighted by molar-refractivity contribution is 6.28. The molecule has 1 aromatic rings. The summed E-state index contributed by atoms with van der Waals surface area (Å²) in [5, 5.41) is 10.9. The van der Waals surface area contributed by atoms with E-state index in [0.717, 1.165) is 6.20 Å². The van der Waals surface area contributed by atoms with Crippen LogP contribution >= 0.6 is 11.6 Å². The molecule has 1 fully saturated rings. The second kappa shape index (κ2) is 5.35. The minimum absolute atomic E-state index is 0.0463. The van der Waals surface area contributed by atoms with Crippen molar-refractivity contribution in [2.75, 3.05) is 31.6 Å². The molecular formula is C10H12ClN5O3. The third-order valence-corrected chi connectivity index (χ3v) is 3.07. The molecule has 102 valence electrons. The number of halogens is 1. The van der Waals surface area contributed by atoms with Gasteiger partial charge in [0.25, 0.3) is 0 Å². The first-order chi connectivity index (χ1) is 8.99. The average molecular weight is 286 g/mol. The number of likely N-dealkylation sites (N-methyl/N-ethyl adjacent to an activating group) is 1. The zero-order valence-corrected chi connectivity index (χ0v) is 11.0. The van der Waals surface area contributed by atoms with Gasteiger partial charge in [-0.2, -0.15) is 4.98 Å². The molecule has 1 saturated heterocycles. The van der Waals surface area contributed by atoms with Gasteiger partial charge in [-0.15, -0.1) is 0 Å². The van der Waals surface area contributed by atoms with Gasteiger partial charge in [-0.25, -0.2) is 4.98 Å². The number of nitro groups is 1. The van der Waals surface area contributed by atoms with Crippen LogP contribution in [0.2, 0.25) is 5.28 Å². The molecule has 2 rings (SSSR count). The fraction of sp³-hybridized carbons (Fsp3) is 0.500. The molecule has 0 bridgehead atoms. The van der Waals surface area contributed by atoms with Crippen LogP contribution in [0.15, 0.2) is 6.20 Å². The lowest BCUT2D eigenvalue weighted by Gasteiger charge is -2.20. The number of hydrogen-bond donors (Lipinski definition) is 0. The predicted octanol–water partition coefficient (Wildman–Crippen LogP) is 0.707. The highest BCUT2D eigenvalue weighted by Gasteiger charge is 2.27. The van der Waals surface area contributed by atoms with Crippen LogP contribution in [-0.2, 0) is 4.79 Å². The molecule has 0 unspecified atom stereocenters. The van der Waals surface area contributed by atoms with Gasteiger partial charge in [0.05, 0.1) is 11.5 Å². The van der Waals surface area contributed by atoms with Crippen LogP contribution in [0.1, 0.15) is 6.42 Å². The molecule has 1 aliphatic heterocycles. The highest BCUT2D eigenvalue weighted by Crippen LogP contribution is 2.26. The van der Waals surface area contributed by atoms with E-state index in [1.165, 1.54) is 0 Å². The molecule has 0 aliphatic carbocycles. The summed E-state index contributed by atoms with van der Waals surface area (Å²) in [6, 6.07) is 0. The van der Waals surface area contributed by atoms with E-state index in [9.17, 15) is 14.9 Å². The summed E-state index contributed by atoms with van der Waals surface area (Å²) in [5.74, 6) is -0.0183. The zero-order valence-electron chi connectivity index (χ0n) is 10.2. The van der Waals surface area contributed by atoms with Crippen LogP contribution in [0.25, 0.3) is 0 Å². The van der Waals surface area contributed by atoms with E-state index in [1.807, 2.05) is 0 Å². The molecule has 0 aromatic carbocycles. The smallest absolute Gasteiger partial charge is 0.329 e. The van der Waals surface area contributed by atoms with Gasteiger partial charge in [-0.3, -0.25) is 14.9 Å². The van der Waals surface area contributed by atoms with E-state index >= 15 is 0 Å². The minimum Gasteiger partial charge on any atom is -0.344 e. The Labute approximate surface area is 114 Å². The maximum atomic E-state index is 11.8. The molecule has 19 heavy (non-hydrogen) atoms. The van der Waals surface area contributed by atoms with E-state index in [1.54, 1.807) is 16.8 Å². The number of hydrogen-bond acceptors (Lipinski definition) is 6. The van der Waals surface area contributed by atoms with Crippen LogP contribution in [0.5, 0.6) is 0 Å². The monoisotopic (exact) mass is 285 g/mol. The summed E-state index contributed by atoms with van der Waals surface area (Å²) in [4.78, 5) is 32.8. The number of nitrogens with zero attached hydrogens (tertiary/aromatic N) is 5. The van der Waals surface area contributed by atoms with Crippen molar-refractivity contribution in [3.63, 3.8) is 0 Å². The number of rotatable bonds is 2. The molecule has 1 aliphatic rings. The fourth-order valence-electron chi connectivity index (χ4n) is 1.87. The molecule has 2 heterocycles. The van der Waals surface area contributed by atoms with Crippen LogP contribution in [0.4, 0.5) is 11.5 Å². The summed E-state index contributed by atoms with van der Waals surface area (Å²) in [6.07, 6.45) is 1.77. The van der Waals surface area contributed by atoms with Crippen molar-refractivity contribution in [2.24, 2.45) is 0 Å². The maximum Gasteiger partial charge on any atom is 0.329 e. The molecule has 0 N–H and O–H groups in total. The number of amides is 1. The quantitative estimate of drug-likeness (QED) is 0.451. The van der Waals surface area contributed by atoms with E-state index in [4.69, 9.17) is 11.6 Å². The van der Waals surface area contributed by atoms with Crippen LogP contribution in [-0.4, -0.2) is 52.4 Å². The van der Waals surface area contributed by atoms with Gasteiger partial charge in [0.2, 0.25) is 17.0 Å². The highest BCUT2D eigenvalue weighted by atomic mass is 35.5. The normalized spacial score (nSPS) is 16.4. The van der Waals surface area contributed by atoms with Crippen molar-refractivity contribution in [1.82, 2.24) is 14.9 Å². The van der Waals surface area contributed by atoms with Crippen molar-refractivity contribution in [2.45, 2.75) is 6.42 Å². The largest absolute Gasteiger partial charge is 0.344 e. The maximum absolute atomic E-state index is 11.8. The Bertz CT molecular complexity index is 524. The Morgan fingerprint density at radius 3 is 2.89 bits per heavy atom. The number of carbonyl (C=O) groups excluding carboxylic acids is 1. The van der Waals surface area contributed by atoms with Crippen molar-refractivity contribution in [1.29, 1.82) is 0 Å². The predicted molar refractivity (Wildman–Crippen MR) is 68.2 cm³/mol. The van der Waals surface area contributed by atoms with Gasteiger partial charge in [0.15, 0.2) is 0 Å². The van der Waals surface area contributed by atoms with Gasteiger partial charge in [0.1, 0.15) is 6.20 Å². The lowest BCUT2D eigenvalue weighted by molar-refractivity contribution is -0.384. The van der Waals surface area contributed by atoms with Crippen molar-refractivity contribution < 1.29 is 9.72 Å². The molecular weight excluding hydrogens is 274 g/mol. The van der Waals surface area contributed by atoms with E-state index in [-0.39, 0.29) is 29.2 Å². The molecule has 0 radical (unpaired) electrons. The molecule has 0 saturated carbocycles. The van der Waals surface area contributed by atoms with Crippen molar-refractivity contribution in [3.8, 4) is 0 Å². The topological polar surface area (TPSA) is 92.5 Å². The zero-order chi connectivity index (χ0) is 14.0. The standard InChI is InChI=1S/C10H12ClN5O3/c1-14-3-2-4-15(6-8(14)17)9-7(16(18)19)5-12-10(11)13-9/h5H,2-4,6H2,1H3. The van der Waals surface area contributed by atoms with Crippen LogP contribution < -0.4 is 4.90 Å². The first-order valence-electron chi connectivity index (χ1n) is 5.65. The Morgan fingerprint density at radius 1 is 1.47 bits per heavy atom. The lowest BCUT2D eigenvalue weighted by Crippen LogP contribution is -2.35. The number of aromatic nitrogens is 2. The fourth-order valence-corrected chi connectivity index (χ4v) is 2.00. The Kier molecular flexibility index (Phi) is 3.79. The molecule has 1 amide bonds. The minimum atomic E-state index is -0.579. The Hall–Kier alpha value is -1.96. The second-order valence-electron chi connectivity index (χ2n) is 4.20. The van der Waals surface area contributed by atoms with E-state index in [2.05, 4.69) is 9.97 Å². The third-order valence-electron chi connectivity index (χ3n) is 2.89. The lowest BCUT2D eigenvalue weighted by atomic mass is 10.3. The Morgan fingerprint density at radius 2 is 2.21 bits per heavy atom. The number of carbonyl (C=O) groups is 1. The summed E-state index contributed by atoms with van der Waals surface area (Å²) in [6.45, 7) is 1.16. The van der Waals surface area contributed by atoms with Crippen molar-refractivity contribution >= 4 is 29.0 Å². The molecule has 1 aromatic heterocycles. The molecule has 8 nitrogen and oxygen atoms in total. The second-order valence-corrected chi connectivity index (χ2v) is 4.53. The molecule has 9 heteroatoms. The molecule has 0 atom stereocenters. The number of anilines is 1. The average Bonchev–Trinajstić information content (AvgIpc) is 2.51. The summed E-state index contributed by atoms with van der Waals surface area (Å²) >= 11 is 5.68. The van der Waals surface area contributed by atoms with Gasteiger partial charge >= 0.3 is 5.69 Å². The van der Waals surface area contributed by atoms with Crippen LogP contribution in [0, 0.1) is 10.1 Å². The van der Waals surface area contributed by atoms with E-state index < -0.39 is 4.92 Å². The van der Waals surface area contributed by atoms with Crippen LogP contribution in [0.3, 0.4) is 0 Å². The Balaban J connectivity index is 2.37. The summed E-state index contributed by atoms with van der Waals surface area (Å²) < 4.78 is 0. The SMILES string of the molecule is CN1CCCN(c2nc(Cl)ncc2[N+](=O)[O-])CC1=O. The van der Waals surface area contributed by atoms with Crippen molar-refractivity contribution in [3.05, 3.63) is 21.6 Å². The summed E-state index contributed by atoms with van der Waals surface area (Å²) in [5.41, 5.74) is -0.248.